The second-order valence-corrected chi connectivity index (χ2v) is 4.16. The van der Waals surface area contributed by atoms with Crippen molar-refractivity contribution in [3.05, 3.63) is 36.4 Å². The van der Waals surface area contributed by atoms with Crippen LogP contribution in [0.25, 0.3) is 11.4 Å². The van der Waals surface area contributed by atoms with Gasteiger partial charge in [0, 0.05) is 31.0 Å². The van der Waals surface area contributed by atoms with Crippen molar-refractivity contribution in [2.24, 2.45) is 9.98 Å². The van der Waals surface area contributed by atoms with E-state index in [-0.39, 0.29) is 0 Å². The van der Waals surface area contributed by atoms with Crippen molar-refractivity contribution in [1.29, 1.82) is 0 Å². The highest BCUT2D eigenvalue weighted by molar-refractivity contribution is 5.84. The molecule has 0 amide bonds. The van der Waals surface area contributed by atoms with Gasteiger partial charge < -0.3 is 0 Å². The predicted molar refractivity (Wildman–Crippen MR) is 81.8 cm³/mol. The minimum absolute atomic E-state index is 0.637. The van der Waals surface area contributed by atoms with Gasteiger partial charge in [0.25, 0.3) is 0 Å². The average Bonchev–Trinajstić information content (AvgIpc) is 2.49. The first-order chi connectivity index (χ1) is 9.83. The Morgan fingerprint density at radius 3 is 2.70 bits per heavy atom. The van der Waals surface area contributed by atoms with Crippen LogP contribution in [0, 0.1) is 6.92 Å². The zero-order chi connectivity index (χ0) is 14.2. The summed E-state index contributed by atoms with van der Waals surface area (Å²) in [7, 11) is 0. The first-order valence-corrected chi connectivity index (χ1v) is 6.55. The van der Waals surface area contributed by atoms with E-state index in [0.29, 0.717) is 5.82 Å². The van der Waals surface area contributed by atoms with Crippen LogP contribution in [0.2, 0.25) is 0 Å². The topological polar surface area (TPSA) is 63.4 Å². The van der Waals surface area contributed by atoms with Gasteiger partial charge in [0.05, 0.1) is 5.69 Å². The molecule has 0 N–H and O–H groups in total. The van der Waals surface area contributed by atoms with Crippen molar-refractivity contribution in [2.75, 3.05) is 6.54 Å². The fourth-order valence-electron chi connectivity index (χ4n) is 1.78. The standard InChI is InChI=1S/C15H17N5/c1-3-16-8-5-9-18-14-12(2)6-4-7-13(14)15-19-10-17-11-20-15/h4,6-11H,3,5H2,1-2H3. The molecular weight excluding hydrogens is 250 g/mol. The summed E-state index contributed by atoms with van der Waals surface area (Å²) in [6.07, 6.45) is 7.42. The molecule has 0 atom stereocenters. The molecule has 0 saturated heterocycles. The molecule has 0 unspecified atom stereocenters. The van der Waals surface area contributed by atoms with Crippen molar-refractivity contribution >= 4 is 18.1 Å². The highest BCUT2D eigenvalue weighted by Gasteiger charge is 2.08. The molecule has 0 fully saturated rings. The third-order valence-electron chi connectivity index (χ3n) is 2.71. The molecule has 0 aliphatic heterocycles. The number of benzene rings is 1. The van der Waals surface area contributed by atoms with Crippen LogP contribution in [-0.4, -0.2) is 33.9 Å². The third kappa shape index (κ3) is 3.54. The fourth-order valence-corrected chi connectivity index (χ4v) is 1.78. The Morgan fingerprint density at radius 2 is 1.95 bits per heavy atom. The van der Waals surface area contributed by atoms with Crippen LogP contribution in [0.5, 0.6) is 0 Å². The highest BCUT2D eigenvalue weighted by atomic mass is 15.0. The summed E-state index contributed by atoms with van der Waals surface area (Å²) < 4.78 is 0. The van der Waals surface area contributed by atoms with Crippen LogP contribution < -0.4 is 0 Å². The Hall–Kier alpha value is -2.43. The quantitative estimate of drug-likeness (QED) is 0.782. The Morgan fingerprint density at radius 1 is 1.15 bits per heavy atom. The van der Waals surface area contributed by atoms with Gasteiger partial charge in [0.2, 0.25) is 0 Å². The zero-order valence-electron chi connectivity index (χ0n) is 11.7. The molecule has 2 rings (SSSR count). The smallest absolute Gasteiger partial charge is 0.164 e. The zero-order valence-corrected chi connectivity index (χ0v) is 11.7. The van der Waals surface area contributed by atoms with Crippen molar-refractivity contribution < 1.29 is 0 Å². The summed E-state index contributed by atoms with van der Waals surface area (Å²) in [4.78, 5) is 20.9. The lowest BCUT2D eigenvalue weighted by molar-refractivity contribution is 1.05. The predicted octanol–water partition coefficient (Wildman–Crippen LogP) is 3.03. The van der Waals surface area contributed by atoms with Crippen LogP contribution in [0.3, 0.4) is 0 Å². The van der Waals surface area contributed by atoms with Crippen LogP contribution in [0.15, 0.2) is 40.8 Å². The first kappa shape index (κ1) is 14.0. The molecule has 1 heterocycles. The Bertz CT molecular complexity index is 605. The van der Waals surface area contributed by atoms with Crippen LogP contribution in [0.1, 0.15) is 18.9 Å². The Balaban J connectivity index is 2.30. The van der Waals surface area contributed by atoms with E-state index in [1.165, 1.54) is 12.7 Å². The maximum atomic E-state index is 4.54. The molecule has 102 valence electrons. The second-order valence-electron chi connectivity index (χ2n) is 4.16. The SMILES string of the molecule is CCN=CCC=Nc1c(C)cccc1-c1ncncn1. The summed E-state index contributed by atoms with van der Waals surface area (Å²) in [6.45, 7) is 4.83. The monoisotopic (exact) mass is 267 g/mol. The maximum Gasteiger partial charge on any atom is 0.164 e. The molecule has 0 aliphatic carbocycles. The third-order valence-corrected chi connectivity index (χ3v) is 2.71. The number of rotatable bonds is 5. The average molecular weight is 267 g/mol. The van der Waals surface area contributed by atoms with Crippen LogP contribution in [-0.2, 0) is 0 Å². The van der Waals surface area contributed by atoms with Gasteiger partial charge >= 0.3 is 0 Å². The van der Waals surface area contributed by atoms with E-state index in [9.17, 15) is 0 Å². The molecule has 0 radical (unpaired) electrons. The fraction of sp³-hybridized carbons (Fsp3) is 0.267. The number of aromatic nitrogens is 3. The van der Waals surface area contributed by atoms with Gasteiger partial charge in [0.15, 0.2) is 5.82 Å². The van der Waals surface area contributed by atoms with E-state index >= 15 is 0 Å². The van der Waals surface area contributed by atoms with E-state index in [4.69, 9.17) is 0 Å². The Labute approximate surface area is 118 Å². The summed E-state index contributed by atoms with van der Waals surface area (Å²) in [6, 6.07) is 5.97. The molecule has 5 heteroatoms. The molecule has 0 spiro atoms. The Kier molecular flexibility index (Phi) is 5.06. The minimum atomic E-state index is 0.637. The van der Waals surface area contributed by atoms with Crippen molar-refractivity contribution in [2.45, 2.75) is 20.3 Å². The molecule has 0 saturated carbocycles. The highest BCUT2D eigenvalue weighted by Crippen LogP contribution is 2.30. The molecule has 2 aromatic rings. The van der Waals surface area contributed by atoms with E-state index in [0.717, 1.165) is 29.8 Å². The van der Waals surface area contributed by atoms with Crippen molar-refractivity contribution in [3.8, 4) is 11.4 Å². The van der Waals surface area contributed by atoms with Crippen LogP contribution in [0.4, 0.5) is 5.69 Å². The molecule has 1 aromatic heterocycles. The molecule has 5 nitrogen and oxygen atoms in total. The summed E-state index contributed by atoms with van der Waals surface area (Å²) in [5.41, 5.74) is 2.89. The van der Waals surface area contributed by atoms with Crippen molar-refractivity contribution in [3.63, 3.8) is 0 Å². The van der Waals surface area contributed by atoms with E-state index < -0.39 is 0 Å². The number of hydrogen-bond acceptors (Lipinski definition) is 5. The van der Waals surface area contributed by atoms with Crippen LogP contribution >= 0.6 is 0 Å². The van der Waals surface area contributed by atoms with Gasteiger partial charge in [-0.3, -0.25) is 9.98 Å². The summed E-state index contributed by atoms with van der Waals surface area (Å²) in [5, 5.41) is 0. The van der Waals surface area contributed by atoms with E-state index in [1.807, 2.05) is 44.5 Å². The lowest BCUT2D eigenvalue weighted by atomic mass is 10.1. The lowest BCUT2D eigenvalue weighted by Gasteiger charge is -2.06. The second kappa shape index (κ2) is 7.23. The first-order valence-electron chi connectivity index (χ1n) is 6.55. The minimum Gasteiger partial charge on any atom is -0.297 e. The van der Waals surface area contributed by atoms with Gasteiger partial charge in [0.1, 0.15) is 12.7 Å². The number of hydrogen-bond donors (Lipinski definition) is 0. The van der Waals surface area contributed by atoms with Gasteiger partial charge in [-0.15, -0.1) is 0 Å². The normalized spacial score (nSPS) is 11.5. The van der Waals surface area contributed by atoms with E-state index in [1.54, 1.807) is 0 Å². The van der Waals surface area contributed by atoms with Crippen molar-refractivity contribution in [1.82, 2.24) is 15.0 Å². The number of nitrogens with zero attached hydrogens (tertiary/aromatic N) is 5. The van der Waals surface area contributed by atoms with E-state index in [2.05, 4.69) is 24.9 Å². The molecule has 20 heavy (non-hydrogen) atoms. The van der Waals surface area contributed by atoms with Gasteiger partial charge in [-0.1, -0.05) is 12.1 Å². The van der Waals surface area contributed by atoms with Gasteiger partial charge in [-0.05, 0) is 25.5 Å². The molecular formula is C15H17N5. The lowest BCUT2D eigenvalue weighted by Crippen LogP contribution is -1.91. The number of aliphatic imine (C=N–C) groups is 2. The molecule has 1 aromatic carbocycles. The largest absolute Gasteiger partial charge is 0.297 e. The number of para-hydroxylation sites is 1. The van der Waals surface area contributed by atoms with Gasteiger partial charge in [-0.2, -0.15) is 0 Å². The maximum absolute atomic E-state index is 4.54. The molecule has 0 aliphatic rings. The summed E-state index contributed by atoms with van der Waals surface area (Å²) in [5.74, 6) is 0.637. The molecule has 0 bridgehead atoms. The van der Waals surface area contributed by atoms with Gasteiger partial charge in [-0.25, -0.2) is 15.0 Å². The number of aryl methyl sites for hydroxylation is 1. The summed E-state index contributed by atoms with van der Waals surface area (Å²) >= 11 is 0.